The van der Waals surface area contributed by atoms with Gasteiger partial charge in [0.1, 0.15) is 10.6 Å². The van der Waals surface area contributed by atoms with Gasteiger partial charge in [0.25, 0.3) is 0 Å². The summed E-state index contributed by atoms with van der Waals surface area (Å²) < 4.78 is 11.4. The van der Waals surface area contributed by atoms with E-state index >= 15 is 0 Å². The van der Waals surface area contributed by atoms with E-state index in [1.807, 2.05) is 13.8 Å². The third-order valence-electron chi connectivity index (χ3n) is 4.78. The molecule has 2 aromatic heterocycles. The smallest absolute Gasteiger partial charge is 0.136 e. The van der Waals surface area contributed by atoms with Crippen LogP contribution in [0.25, 0.3) is 10.2 Å². The van der Waals surface area contributed by atoms with Crippen molar-refractivity contribution in [2.75, 3.05) is 36.9 Å². The van der Waals surface area contributed by atoms with Crippen LogP contribution in [-0.2, 0) is 22.5 Å². The van der Waals surface area contributed by atoms with Crippen LogP contribution in [0.15, 0.2) is 0 Å². The SMILES string of the molecule is CC1(C)Cc2c(c(N3CCOCC3)nc3sc(C(=O)[O-])c(N)c23)CO1. The number of thiophene rings is 1. The summed E-state index contributed by atoms with van der Waals surface area (Å²) in [7, 11) is 0. The number of aromatic carboxylic acids is 1. The molecular weight excluding hydrogens is 342 g/mol. The minimum Gasteiger partial charge on any atom is -0.544 e. The lowest BCUT2D eigenvalue weighted by atomic mass is 9.89. The first-order valence-corrected chi connectivity index (χ1v) is 9.11. The molecule has 0 saturated carbocycles. The molecule has 1 fully saturated rings. The summed E-state index contributed by atoms with van der Waals surface area (Å²) in [5.41, 5.74) is 8.13. The Morgan fingerprint density at radius 3 is 2.72 bits per heavy atom. The number of carbonyl (C=O) groups is 1. The topological polar surface area (TPSA) is 101 Å². The molecule has 0 bridgehead atoms. The molecule has 2 aliphatic rings. The molecule has 2 N–H and O–H groups in total. The van der Waals surface area contributed by atoms with Crippen LogP contribution in [0.1, 0.15) is 34.6 Å². The summed E-state index contributed by atoms with van der Waals surface area (Å²) in [4.78, 5) is 19.1. The molecule has 0 atom stereocenters. The molecular formula is C17H20N3O4S-. The molecule has 0 aliphatic carbocycles. The van der Waals surface area contributed by atoms with Gasteiger partial charge in [-0.05, 0) is 19.4 Å². The maximum Gasteiger partial charge on any atom is 0.136 e. The quantitative estimate of drug-likeness (QED) is 0.848. The third-order valence-corrected chi connectivity index (χ3v) is 5.86. The predicted molar refractivity (Wildman–Crippen MR) is 94.0 cm³/mol. The van der Waals surface area contributed by atoms with Gasteiger partial charge in [-0.15, -0.1) is 11.3 Å². The van der Waals surface area contributed by atoms with Crippen LogP contribution in [-0.4, -0.2) is 42.9 Å². The Morgan fingerprint density at radius 1 is 1.32 bits per heavy atom. The third kappa shape index (κ3) is 2.74. The van der Waals surface area contributed by atoms with Gasteiger partial charge in [0, 0.05) is 30.5 Å². The fourth-order valence-electron chi connectivity index (χ4n) is 3.53. The number of hydrogen-bond acceptors (Lipinski definition) is 8. The molecule has 0 spiro atoms. The molecule has 4 rings (SSSR count). The van der Waals surface area contributed by atoms with Gasteiger partial charge in [0.2, 0.25) is 0 Å². The average molecular weight is 362 g/mol. The summed E-state index contributed by atoms with van der Waals surface area (Å²) in [6.07, 6.45) is 0.659. The maximum atomic E-state index is 11.4. The number of nitrogen functional groups attached to an aromatic ring is 1. The van der Waals surface area contributed by atoms with Crippen molar-refractivity contribution in [1.82, 2.24) is 4.98 Å². The van der Waals surface area contributed by atoms with Gasteiger partial charge in [-0.3, -0.25) is 0 Å². The Labute approximate surface area is 149 Å². The molecule has 25 heavy (non-hydrogen) atoms. The Balaban J connectivity index is 1.96. The van der Waals surface area contributed by atoms with Gasteiger partial charge in [-0.1, -0.05) is 0 Å². The predicted octanol–water partition coefficient (Wildman–Crippen LogP) is 0.930. The number of pyridine rings is 1. The van der Waals surface area contributed by atoms with Crippen molar-refractivity contribution in [2.45, 2.75) is 32.5 Å². The van der Waals surface area contributed by atoms with Crippen molar-refractivity contribution in [3.8, 4) is 0 Å². The van der Waals surface area contributed by atoms with Gasteiger partial charge in [0.15, 0.2) is 0 Å². The number of carbonyl (C=O) groups excluding carboxylic acids is 1. The highest BCUT2D eigenvalue weighted by molar-refractivity contribution is 7.21. The number of anilines is 2. The molecule has 8 heteroatoms. The zero-order valence-electron chi connectivity index (χ0n) is 14.3. The largest absolute Gasteiger partial charge is 0.544 e. The number of aromatic nitrogens is 1. The van der Waals surface area contributed by atoms with Crippen LogP contribution >= 0.6 is 11.3 Å². The molecule has 2 aromatic rings. The first kappa shape index (κ1) is 16.6. The standard InChI is InChI=1S/C17H21N3O4S/c1-17(2)7-9-10(8-24-17)14(20-3-5-23-6-4-20)19-15-11(9)12(18)13(25-15)16(21)22/h3-8,18H2,1-2H3,(H,21,22)/p-1. The first-order chi connectivity index (χ1) is 11.9. The molecule has 0 aromatic carbocycles. The Hall–Kier alpha value is -1.90. The van der Waals surface area contributed by atoms with Gasteiger partial charge in [-0.25, -0.2) is 4.98 Å². The number of ether oxygens (including phenoxy) is 2. The normalized spacial score (nSPS) is 19.8. The highest BCUT2D eigenvalue weighted by Crippen LogP contribution is 2.43. The monoisotopic (exact) mass is 362 g/mol. The Morgan fingerprint density at radius 2 is 2.04 bits per heavy atom. The molecule has 0 radical (unpaired) electrons. The zero-order chi connectivity index (χ0) is 17.8. The van der Waals surface area contributed by atoms with Crippen LogP contribution in [0.4, 0.5) is 11.5 Å². The number of rotatable bonds is 2. The van der Waals surface area contributed by atoms with E-state index in [9.17, 15) is 9.90 Å². The summed E-state index contributed by atoms with van der Waals surface area (Å²) >= 11 is 1.09. The van der Waals surface area contributed by atoms with Gasteiger partial charge < -0.3 is 30.0 Å². The number of nitrogens with zero attached hydrogens (tertiary/aromatic N) is 2. The average Bonchev–Trinajstić information content (AvgIpc) is 2.91. The number of morpholine rings is 1. The molecule has 0 amide bonds. The number of carboxylic acids is 1. The fourth-order valence-corrected chi connectivity index (χ4v) is 4.49. The second kappa shape index (κ2) is 5.82. The van der Waals surface area contributed by atoms with E-state index in [4.69, 9.17) is 20.2 Å². The van der Waals surface area contributed by atoms with E-state index in [-0.39, 0.29) is 16.2 Å². The van der Waals surface area contributed by atoms with E-state index in [2.05, 4.69) is 4.90 Å². The fraction of sp³-hybridized carbons (Fsp3) is 0.529. The van der Waals surface area contributed by atoms with E-state index in [0.717, 1.165) is 46.8 Å². The number of nitrogens with two attached hydrogens (primary N) is 1. The van der Waals surface area contributed by atoms with Crippen LogP contribution < -0.4 is 15.7 Å². The van der Waals surface area contributed by atoms with Crippen molar-refractivity contribution in [2.24, 2.45) is 0 Å². The highest BCUT2D eigenvalue weighted by Gasteiger charge is 2.33. The number of fused-ring (bicyclic) bond motifs is 3. The van der Waals surface area contributed by atoms with Crippen molar-refractivity contribution >= 4 is 39.0 Å². The minimum atomic E-state index is -1.26. The highest BCUT2D eigenvalue weighted by atomic mass is 32.1. The maximum absolute atomic E-state index is 11.4. The van der Waals surface area contributed by atoms with E-state index in [1.165, 1.54) is 0 Å². The number of carboxylic acid groups (broad SMARTS) is 1. The Kier molecular flexibility index (Phi) is 3.86. The molecule has 1 saturated heterocycles. The van der Waals surface area contributed by atoms with Crippen LogP contribution in [0.5, 0.6) is 0 Å². The molecule has 134 valence electrons. The first-order valence-electron chi connectivity index (χ1n) is 8.29. The molecule has 2 aliphatic heterocycles. The second-order valence-corrected chi connectivity index (χ2v) is 8.03. The van der Waals surface area contributed by atoms with Gasteiger partial charge >= 0.3 is 0 Å². The lowest BCUT2D eigenvalue weighted by molar-refractivity contribution is -0.254. The Bertz CT molecular complexity index is 855. The van der Waals surface area contributed by atoms with E-state index < -0.39 is 5.97 Å². The van der Waals surface area contributed by atoms with Crippen molar-refractivity contribution in [1.29, 1.82) is 0 Å². The lowest BCUT2D eigenvalue weighted by Gasteiger charge is -2.36. The second-order valence-electron chi connectivity index (χ2n) is 7.03. The lowest BCUT2D eigenvalue weighted by Crippen LogP contribution is -2.39. The number of hydrogen-bond donors (Lipinski definition) is 1. The minimum absolute atomic E-state index is 0.0492. The molecule has 7 nitrogen and oxygen atoms in total. The summed E-state index contributed by atoms with van der Waals surface area (Å²) in [5, 5.41) is 12.2. The molecule has 0 unspecified atom stereocenters. The summed E-state index contributed by atoms with van der Waals surface area (Å²) in [6, 6.07) is 0. The van der Waals surface area contributed by atoms with Crippen molar-refractivity contribution < 1.29 is 19.4 Å². The van der Waals surface area contributed by atoms with E-state index in [0.29, 0.717) is 31.1 Å². The van der Waals surface area contributed by atoms with Crippen LogP contribution in [0.3, 0.4) is 0 Å². The van der Waals surface area contributed by atoms with Crippen molar-refractivity contribution in [3.05, 3.63) is 16.0 Å². The summed E-state index contributed by atoms with van der Waals surface area (Å²) in [6.45, 7) is 7.30. The van der Waals surface area contributed by atoms with Gasteiger partial charge in [-0.2, -0.15) is 0 Å². The summed E-state index contributed by atoms with van der Waals surface area (Å²) in [5.74, 6) is -0.402. The van der Waals surface area contributed by atoms with Crippen LogP contribution in [0.2, 0.25) is 0 Å². The van der Waals surface area contributed by atoms with Gasteiger partial charge in [0.05, 0.1) is 42.0 Å². The van der Waals surface area contributed by atoms with E-state index in [1.54, 1.807) is 0 Å². The molecule has 4 heterocycles. The zero-order valence-corrected chi connectivity index (χ0v) is 15.1. The van der Waals surface area contributed by atoms with Crippen LogP contribution in [0, 0.1) is 0 Å². The van der Waals surface area contributed by atoms with Crippen molar-refractivity contribution in [3.63, 3.8) is 0 Å².